The fourth-order valence-corrected chi connectivity index (χ4v) is 3.20. The summed E-state index contributed by atoms with van der Waals surface area (Å²) in [5, 5.41) is 4.69. The first-order valence-corrected chi connectivity index (χ1v) is 9.58. The molecular formula is C22H15F6N3O2. The average molecular weight is 467 g/mol. The molecule has 1 atom stereocenters. The van der Waals surface area contributed by atoms with Gasteiger partial charge < -0.3 is 9.26 Å². The molecule has 0 aliphatic carbocycles. The van der Waals surface area contributed by atoms with E-state index >= 15 is 0 Å². The number of ether oxygens (including phenoxy) is 1. The summed E-state index contributed by atoms with van der Waals surface area (Å²) in [6.07, 6.45) is -10.7. The van der Waals surface area contributed by atoms with Crippen LogP contribution in [0.4, 0.5) is 26.3 Å². The first-order valence-electron chi connectivity index (χ1n) is 9.58. The highest BCUT2D eigenvalue weighted by atomic mass is 19.4. The molecule has 5 nitrogen and oxygen atoms in total. The van der Waals surface area contributed by atoms with Gasteiger partial charge in [-0.25, -0.2) is 0 Å². The molecule has 33 heavy (non-hydrogen) atoms. The van der Waals surface area contributed by atoms with E-state index in [1.807, 2.05) is 31.2 Å². The minimum absolute atomic E-state index is 0.111. The third kappa shape index (κ3) is 4.48. The first kappa shape index (κ1) is 22.6. The van der Waals surface area contributed by atoms with Gasteiger partial charge in [0.1, 0.15) is 5.75 Å². The minimum Gasteiger partial charge on any atom is -0.481 e. The summed E-state index contributed by atoms with van der Waals surface area (Å²) >= 11 is 0. The predicted octanol–water partition coefficient (Wildman–Crippen LogP) is 6.61. The molecule has 2 aromatic heterocycles. The summed E-state index contributed by atoms with van der Waals surface area (Å²) in [6.45, 7) is 2.45. The Morgan fingerprint density at radius 2 is 1.73 bits per heavy atom. The Morgan fingerprint density at radius 1 is 1.00 bits per heavy atom. The topological polar surface area (TPSA) is 61.0 Å². The molecule has 4 rings (SSSR count). The third-order valence-corrected chi connectivity index (χ3v) is 5.01. The molecule has 1 unspecified atom stereocenters. The van der Waals surface area contributed by atoms with E-state index < -0.39 is 29.8 Å². The second-order valence-corrected chi connectivity index (χ2v) is 7.25. The largest absolute Gasteiger partial charge is 0.481 e. The van der Waals surface area contributed by atoms with Crippen LogP contribution in [0.15, 0.2) is 53.2 Å². The molecule has 0 bridgehead atoms. The minimum atomic E-state index is -4.97. The van der Waals surface area contributed by atoms with Crippen LogP contribution in [-0.4, -0.2) is 27.4 Å². The lowest BCUT2D eigenvalue weighted by Gasteiger charge is -2.20. The fourth-order valence-electron chi connectivity index (χ4n) is 3.20. The molecule has 0 aliphatic heterocycles. The highest BCUT2D eigenvalue weighted by molar-refractivity contribution is 5.87. The number of fused-ring (bicyclic) bond motifs is 1. The van der Waals surface area contributed by atoms with Gasteiger partial charge in [0, 0.05) is 22.7 Å². The van der Waals surface area contributed by atoms with Crippen molar-refractivity contribution in [1.29, 1.82) is 0 Å². The van der Waals surface area contributed by atoms with Gasteiger partial charge >= 0.3 is 12.4 Å². The highest BCUT2D eigenvalue weighted by Crippen LogP contribution is 2.40. The van der Waals surface area contributed by atoms with E-state index in [9.17, 15) is 26.3 Å². The van der Waals surface area contributed by atoms with Gasteiger partial charge in [-0.1, -0.05) is 23.4 Å². The van der Waals surface area contributed by atoms with E-state index in [1.165, 1.54) is 6.20 Å². The number of pyridine rings is 1. The molecule has 0 saturated heterocycles. The Hall–Kier alpha value is -3.63. The zero-order valence-electron chi connectivity index (χ0n) is 17.1. The Labute approximate surface area is 183 Å². The van der Waals surface area contributed by atoms with Crippen molar-refractivity contribution >= 4 is 10.9 Å². The molecular weight excluding hydrogens is 452 g/mol. The first-order chi connectivity index (χ1) is 15.4. The van der Waals surface area contributed by atoms with E-state index in [1.54, 1.807) is 0 Å². The number of nitrogens with zero attached hydrogens (tertiary/aromatic N) is 3. The molecule has 0 spiro atoms. The molecule has 4 aromatic rings. The number of rotatable bonds is 4. The number of benzene rings is 2. The van der Waals surface area contributed by atoms with Crippen LogP contribution in [0.5, 0.6) is 5.75 Å². The number of halogens is 6. The van der Waals surface area contributed by atoms with Gasteiger partial charge in [-0.15, -0.1) is 0 Å². The van der Waals surface area contributed by atoms with Gasteiger partial charge in [0.15, 0.2) is 6.10 Å². The van der Waals surface area contributed by atoms with Crippen molar-refractivity contribution in [3.63, 3.8) is 0 Å². The molecule has 0 aliphatic rings. The molecule has 2 heterocycles. The summed E-state index contributed by atoms with van der Waals surface area (Å²) in [7, 11) is 0. The Bertz CT molecular complexity index is 1310. The lowest BCUT2D eigenvalue weighted by Crippen LogP contribution is -2.31. The number of hydrogen-bond acceptors (Lipinski definition) is 5. The van der Waals surface area contributed by atoms with E-state index in [0.29, 0.717) is 18.6 Å². The van der Waals surface area contributed by atoms with Crippen molar-refractivity contribution in [2.75, 3.05) is 0 Å². The molecule has 0 saturated carbocycles. The van der Waals surface area contributed by atoms with Crippen molar-refractivity contribution in [3.05, 3.63) is 59.8 Å². The monoisotopic (exact) mass is 467 g/mol. The third-order valence-electron chi connectivity index (χ3n) is 5.01. The number of hydrogen-bond donors (Lipinski definition) is 0. The molecule has 172 valence electrons. The molecule has 11 heteroatoms. The van der Waals surface area contributed by atoms with E-state index in [4.69, 9.17) is 4.52 Å². The number of aromatic nitrogens is 3. The van der Waals surface area contributed by atoms with Crippen molar-refractivity contribution in [2.24, 2.45) is 0 Å². The van der Waals surface area contributed by atoms with Crippen LogP contribution in [0.3, 0.4) is 0 Å². The number of para-hydroxylation sites is 1. The molecule has 0 fully saturated rings. The zero-order chi connectivity index (χ0) is 24.0. The van der Waals surface area contributed by atoms with Crippen LogP contribution in [0.2, 0.25) is 0 Å². The Kier molecular flexibility index (Phi) is 5.51. The average Bonchev–Trinajstić information content (AvgIpc) is 3.23. The Balaban J connectivity index is 1.72. The zero-order valence-corrected chi connectivity index (χ0v) is 17.1. The number of aryl methyl sites for hydroxylation is 1. The molecule has 0 N–H and O–H groups in total. The van der Waals surface area contributed by atoms with Crippen molar-refractivity contribution in [2.45, 2.75) is 32.3 Å². The maximum absolute atomic E-state index is 13.5. The number of alkyl halides is 6. The quantitative estimate of drug-likeness (QED) is 0.316. The normalized spacial score (nSPS) is 13.3. The van der Waals surface area contributed by atoms with E-state index in [0.717, 1.165) is 28.6 Å². The van der Waals surface area contributed by atoms with Crippen molar-refractivity contribution in [3.8, 4) is 28.6 Å². The molecule has 2 aromatic carbocycles. The van der Waals surface area contributed by atoms with E-state index in [-0.39, 0.29) is 17.3 Å². The van der Waals surface area contributed by atoms with Gasteiger partial charge in [0.2, 0.25) is 5.82 Å². The summed E-state index contributed by atoms with van der Waals surface area (Å²) in [4.78, 5) is 8.49. The molecule has 0 radical (unpaired) electrons. The Morgan fingerprint density at radius 3 is 2.42 bits per heavy atom. The second-order valence-electron chi connectivity index (χ2n) is 7.25. The molecule has 0 amide bonds. The van der Waals surface area contributed by atoms with Crippen molar-refractivity contribution in [1.82, 2.24) is 15.1 Å². The SMILES string of the molecule is Cc1c(-c2noc(-c3ccc(OC(C)C(F)(F)F)c(C(F)(F)F)c3)n2)cnc2ccccc12. The highest BCUT2D eigenvalue weighted by Gasteiger charge is 2.41. The lowest BCUT2D eigenvalue weighted by molar-refractivity contribution is -0.191. The maximum Gasteiger partial charge on any atom is 0.425 e. The lowest BCUT2D eigenvalue weighted by atomic mass is 10.0. The van der Waals surface area contributed by atoms with Crippen molar-refractivity contribution < 1.29 is 35.6 Å². The smallest absolute Gasteiger partial charge is 0.425 e. The summed E-state index contributed by atoms with van der Waals surface area (Å²) in [5.41, 5.74) is 0.562. The van der Waals surface area contributed by atoms with Crippen LogP contribution in [0, 0.1) is 6.92 Å². The van der Waals surface area contributed by atoms with E-state index in [2.05, 4.69) is 19.9 Å². The van der Waals surface area contributed by atoms with Crippen LogP contribution < -0.4 is 4.74 Å². The predicted molar refractivity (Wildman–Crippen MR) is 106 cm³/mol. The summed E-state index contributed by atoms with van der Waals surface area (Å²) in [5.74, 6) is -1.08. The fraction of sp³-hybridized carbons (Fsp3) is 0.227. The van der Waals surface area contributed by atoms with Gasteiger partial charge in [0.25, 0.3) is 5.89 Å². The summed E-state index contributed by atoms with van der Waals surface area (Å²) in [6, 6.07) is 9.89. The van der Waals surface area contributed by atoms with Crippen LogP contribution in [-0.2, 0) is 6.18 Å². The maximum atomic E-state index is 13.5. The summed E-state index contributed by atoms with van der Waals surface area (Å²) < 4.78 is 88.5. The van der Waals surface area contributed by atoms with Crippen LogP contribution >= 0.6 is 0 Å². The standard InChI is InChI=1S/C22H15F6N3O2/c1-11-14-5-3-4-6-17(14)29-10-15(11)19-30-20(33-31-19)13-7-8-18(16(9-13)22(26,27)28)32-12(2)21(23,24)25/h3-10,12H,1-2H3. The van der Waals surface area contributed by atoms with Gasteiger partial charge in [-0.2, -0.15) is 31.3 Å². The van der Waals surface area contributed by atoms with Crippen LogP contribution in [0.1, 0.15) is 18.1 Å². The van der Waals surface area contributed by atoms with Crippen LogP contribution in [0.25, 0.3) is 33.7 Å². The van der Waals surface area contributed by atoms with Gasteiger partial charge in [-0.3, -0.25) is 4.98 Å². The second kappa shape index (κ2) is 8.05. The van der Waals surface area contributed by atoms with Gasteiger partial charge in [0.05, 0.1) is 11.1 Å². The van der Waals surface area contributed by atoms with Gasteiger partial charge in [-0.05, 0) is 43.7 Å².